The molecule has 2 aromatic rings. The van der Waals surface area contributed by atoms with E-state index in [1.165, 1.54) is 0 Å². The van der Waals surface area contributed by atoms with Gasteiger partial charge in [0.25, 0.3) is 0 Å². The van der Waals surface area contributed by atoms with Crippen molar-refractivity contribution in [1.29, 1.82) is 5.26 Å². The minimum absolute atomic E-state index is 0.106. The molecule has 1 aliphatic rings. The predicted molar refractivity (Wildman–Crippen MR) is 97.2 cm³/mol. The van der Waals surface area contributed by atoms with Crippen LogP contribution in [0.1, 0.15) is 12.8 Å². The lowest BCUT2D eigenvalue weighted by molar-refractivity contribution is 0.464. The van der Waals surface area contributed by atoms with E-state index in [1.807, 2.05) is 18.2 Å². The van der Waals surface area contributed by atoms with Crippen LogP contribution in [0.3, 0.4) is 0 Å². The molecule has 4 N–H and O–H groups in total. The molecule has 2 heterocycles. The van der Waals surface area contributed by atoms with Crippen LogP contribution in [0.5, 0.6) is 0 Å². The molecule has 0 radical (unpaired) electrons. The molecule has 24 heavy (non-hydrogen) atoms. The summed E-state index contributed by atoms with van der Waals surface area (Å²) in [7, 11) is 2.06. The average molecular weight is 342 g/mol. The van der Waals surface area contributed by atoms with Crippen LogP contribution >= 0.6 is 11.3 Å². The van der Waals surface area contributed by atoms with Gasteiger partial charge in [0.15, 0.2) is 5.13 Å². The van der Waals surface area contributed by atoms with Gasteiger partial charge in [-0.25, -0.2) is 10.4 Å². The lowest BCUT2D eigenvalue weighted by Crippen LogP contribution is -2.38. The Balaban J connectivity index is 1.52. The van der Waals surface area contributed by atoms with Crippen LogP contribution in [0.2, 0.25) is 0 Å². The number of aromatic nitrogens is 1. The van der Waals surface area contributed by atoms with Crippen molar-refractivity contribution in [2.45, 2.75) is 25.0 Å². The molecule has 1 aliphatic heterocycles. The molecule has 0 saturated carbocycles. The molecule has 1 aromatic carbocycles. The van der Waals surface area contributed by atoms with Crippen LogP contribution in [0.15, 0.2) is 35.7 Å². The zero-order chi connectivity index (χ0) is 16.9. The standard InChI is InChI=1S/C17H22N6S/c1-23(9-5-8-14-13(10-18)16(19)22-21-14)17-20-15(11-24-17)12-6-3-2-4-7-12/h2-4,6-7,11,13-14,16,21-22H,5,8-9,19H2,1H3. The van der Waals surface area contributed by atoms with Crippen LogP contribution in [0, 0.1) is 17.2 Å². The summed E-state index contributed by atoms with van der Waals surface area (Å²) in [5, 5.41) is 12.3. The molecule has 7 heteroatoms. The third-order valence-electron chi connectivity index (χ3n) is 4.30. The third-order valence-corrected chi connectivity index (χ3v) is 5.26. The Hall–Kier alpha value is -1.98. The first-order valence-electron chi connectivity index (χ1n) is 8.07. The monoisotopic (exact) mass is 342 g/mol. The maximum absolute atomic E-state index is 9.18. The van der Waals surface area contributed by atoms with E-state index >= 15 is 0 Å². The molecule has 3 atom stereocenters. The number of rotatable bonds is 6. The molecule has 1 fully saturated rings. The van der Waals surface area contributed by atoms with Gasteiger partial charge in [-0.2, -0.15) is 5.26 Å². The molecule has 0 bridgehead atoms. The number of nitrogens with one attached hydrogen (secondary N) is 2. The van der Waals surface area contributed by atoms with E-state index in [0.29, 0.717) is 0 Å². The molecule has 6 nitrogen and oxygen atoms in total. The van der Waals surface area contributed by atoms with Crippen LogP contribution in [-0.4, -0.2) is 30.8 Å². The van der Waals surface area contributed by atoms with Crippen LogP contribution in [-0.2, 0) is 0 Å². The summed E-state index contributed by atoms with van der Waals surface area (Å²) < 4.78 is 0. The molecule has 0 amide bonds. The lowest BCUT2D eigenvalue weighted by atomic mass is 9.97. The van der Waals surface area contributed by atoms with Crippen molar-refractivity contribution in [3.8, 4) is 17.3 Å². The topological polar surface area (TPSA) is 90.0 Å². The summed E-state index contributed by atoms with van der Waals surface area (Å²) in [6, 6.07) is 12.6. The first-order chi connectivity index (χ1) is 11.7. The highest BCUT2D eigenvalue weighted by atomic mass is 32.1. The van der Waals surface area contributed by atoms with E-state index in [4.69, 9.17) is 10.7 Å². The Bertz CT molecular complexity index is 695. The van der Waals surface area contributed by atoms with E-state index in [2.05, 4.69) is 46.4 Å². The number of hydrazine groups is 1. The van der Waals surface area contributed by atoms with Crippen molar-refractivity contribution < 1.29 is 0 Å². The molecule has 0 spiro atoms. The first-order valence-corrected chi connectivity index (χ1v) is 8.95. The molecule has 126 valence electrons. The number of hydrogen-bond acceptors (Lipinski definition) is 7. The van der Waals surface area contributed by atoms with Gasteiger partial charge in [0.1, 0.15) is 0 Å². The molecular weight excluding hydrogens is 320 g/mol. The second-order valence-corrected chi connectivity index (χ2v) is 6.86. The predicted octanol–water partition coefficient (Wildman–Crippen LogP) is 1.93. The summed E-state index contributed by atoms with van der Waals surface area (Å²) in [5.41, 5.74) is 14.1. The summed E-state index contributed by atoms with van der Waals surface area (Å²) >= 11 is 1.66. The van der Waals surface area contributed by atoms with E-state index in [0.717, 1.165) is 35.8 Å². The second kappa shape index (κ2) is 7.73. The van der Waals surface area contributed by atoms with Crippen molar-refractivity contribution in [2.75, 3.05) is 18.5 Å². The van der Waals surface area contributed by atoms with Crippen molar-refractivity contribution in [1.82, 2.24) is 15.8 Å². The Labute approximate surface area is 146 Å². The summed E-state index contributed by atoms with van der Waals surface area (Å²) in [5.74, 6) is -0.181. The lowest BCUT2D eigenvalue weighted by Gasteiger charge is -2.18. The van der Waals surface area contributed by atoms with Gasteiger partial charge in [0.05, 0.1) is 23.8 Å². The Morgan fingerprint density at radius 2 is 2.12 bits per heavy atom. The minimum atomic E-state index is -0.287. The van der Waals surface area contributed by atoms with Gasteiger partial charge in [0, 0.05) is 30.6 Å². The number of anilines is 1. The van der Waals surface area contributed by atoms with Gasteiger partial charge < -0.3 is 10.6 Å². The van der Waals surface area contributed by atoms with Gasteiger partial charge in [-0.15, -0.1) is 11.3 Å². The van der Waals surface area contributed by atoms with Crippen LogP contribution in [0.4, 0.5) is 5.13 Å². The number of nitriles is 1. The van der Waals surface area contributed by atoms with Gasteiger partial charge in [0.2, 0.25) is 0 Å². The number of nitrogens with two attached hydrogens (primary N) is 1. The van der Waals surface area contributed by atoms with E-state index in [-0.39, 0.29) is 18.1 Å². The van der Waals surface area contributed by atoms with Gasteiger partial charge in [-0.3, -0.25) is 5.43 Å². The number of thiazole rings is 1. The highest BCUT2D eigenvalue weighted by Gasteiger charge is 2.32. The van der Waals surface area contributed by atoms with E-state index in [1.54, 1.807) is 11.3 Å². The summed E-state index contributed by atoms with van der Waals surface area (Å²) in [4.78, 5) is 6.89. The zero-order valence-corrected chi connectivity index (χ0v) is 14.5. The highest BCUT2D eigenvalue weighted by molar-refractivity contribution is 7.14. The quantitative estimate of drug-likeness (QED) is 0.743. The molecule has 1 aromatic heterocycles. The first kappa shape index (κ1) is 16.9. The molecule has 0 aliphatic carbocycles. The summed E-state index contributed by atoms with van der Waals surface area (Å²) in [6.07, 6.45) is 1.59. The van der Waals surface area contributed by atoms with Crippen molar-refractivity contribution >= 4 is 16.5 Å². The maximum Gasteiger partial charge on any atom is 0.185 e. The zero-order valence-electron chi connectivity index (χ0n) is 13.6. The highest BCUT2D eigenvalue weighted by Crippen LogP contribution is 2.27. The molecule has 1 saturated heterocycles. The number of benzene rings is 1. The molecule has 3 rings (SSSR count). The van der Waals surface area contributed by atoms with Gasteiger partial charge in [-0.05, 0) is 12.8 Å². The van der Waals surface area contributed by atoms with Crippen molar-refractivity contribution in [2.24, 2.45) is 11.7 Å². The van der Waals surface area contributed by atoms with Crippen molar-refractivity contribution in [3.63, 3.8) is 0 Å². The van der Waals surface area contributed by atoms with E-state index < -0.39 is 0 Å². The fourth-order valence-corrected chi connectivity index (χ4v) is 3.71. The Morgan fingerprint density at radius 3 is 2.88 bits per heavy atom. The van der Waals surface area contributed by atoms with Crippen LogP contribution in [0.25, 0.3) is 11.3 Å². The van der Waals surface area contributed by atoms with Gasteiger partial charge >= 0.3 is 0 Å². The largest absolute Gasteiger partial charge is 0.351 e. The third kappa shape index (κ3) is 3.74. The normalized spacial score (nSPS) is 23.1. The maximum atomic E-state index is 9.18. The van der Waals surface area contributed by atoms with E-state index in [9.17, 15) is 5.26 Å². The van der Waals surface area contributed by atoms with Gasteiger partial charge in [-0.1, -0.05) is 30.3 Å². The van der Waals surface area contributed by atoms with Crippen molar-refractivity contribution in [3.05, 3.63) is 35.7 Å². The number of nitrogens with zero attached hydrogens (tertiary/aromatic N) is 3. The fourth-order valence-electron chi connectivity index (χ4n) is 2.88. The Kier molecular flexibility index (Phi) is 5.43. The average Bonchev–Trinajstić information content (AvgIpc) is 3.23. The molecular formula is C17H22N6S. The fraction of sp³-hybridized carbons (Fsp3) is 0.412. The smallest absolute Gasteiger partial charge is 0.185 e. The minimum Gasteiger partial charge on any atom is -0.351 e. The second-order valence-electron chi connectivity index (χ2n) is 6.02. The Morgan fingerprint density at radius 1 is 1.33 bits per heavy atom. The SMILES string of the molecule is CN(CCCC1NNC(N)C1C#N)c1nc(-c2ccccc2)cs1. The molecule has 3 unspecified atom stereocenters. The number of hydrogen-bond donors (Lipinski definition) is 3. The summed E-state index contributed by atoms with van der Waals surface area (Å²) in [6.45, 7) is 0.896. The van der Waals surface area contributed by atoms with Crippen LogP contribution < -0.4 is 21.5 Å².